The van der Waals surface area contributed by atoms with Crippen molar-refractivity contribution in [2.45, 2.75) is 32.5 Å². The first-order valence-electron chi connectivity index (χ1n) is 6.17. The average Bonchev–Trinajstić information content (AvgIpc) is 2.34. The first-order valence-corrected chi connectivity index (χ1v) is 6.17. The zero-order valence-electron chi connectivity index (χ0n) is 11.7. The molecule has 0 fully saturated rings. The van der Waals surface area contributed by atoms with Crippen molar-refractivity contribution in [1.82, 2.24) is 5.32 Å². The standard InChI is InChI=1S/C14H19NO5/c1-14(2,3)20-13(19)15-8-11(16)9-5-4-6-10(7-9)12(17)18/h4-7,11,16H,8H2,1-3H3,(H,15,19)(H,17,18)/t11-/m0/s1. The summed E-state index contributed by atoms with van der Waals surface area (Å²) in [6.45, 7) is 5.15. The molecule has 1 aromatic carbocycles. The van der Waals surface area contributed by atoms with Crippen LogP contribution in [0, 0.1) is 0 Å². The lowest BCUT2D eigenvalue weighted by Crippen LogP contribution is -2.34. The summed E-state index contributed by atoms with van der Waals surface area (Å²) < 4.78 is 5.03. The number of carbonyl (C=O) groups is 2. The number of hydrogen-bond donors (Lipinski definition) is 3. The fraction of sp³-hybridized carbons (Fsp3) is 0.429. The van der Waals surface area contributed by atoms with Crippen LogP contribution >= 0.6 is 0 Å². The van der Waals surface area contributed by atoms with Crippen molar-refractivity contribution < 1.29 is 24.5 Å². The Morgan fingerprint density at radius 2 is 2.00 bits per heavy atom. The predicted octanol–water partition coefficient (Wildman–Crippen LogP) is 1.94. The second kappa shape index (κ2) is 6.38. The molecule has 0 aliphatic rings. The zero-order chi connectivity index (χ0) is 15.3. The smallest absolute Gasteiger partial charge is 0.407 e. The summed E-state index contributed by atoms with van der Waals surface area (Å²) in [5, 5.41) is 21.2. The van der Waals surface area contributed by atoms with Crippen LogP contribution in [-0.2, 0) is 4.74 Å². The molecule has 0 aliphatic heterocycles. The van der Waals surface area contributed by atoms with Gasteiger partial charge in [0.25, 0.3) is 0 Å². The molecule has 0 aromatic heterocycles. The normalized spacial score (nSPS) is 12.6. The highest BCUT2D eigenvalue weighted by atomic mass is 16.6. The van der Waals surface area contributed by atoms with Crippen LogP contribution in [0.25, 0.3) is 0 Å². The van der Waals surface area contributed by atoms with E-state index in [1.807, 2.05) is 0 Å². The van der Waals surface area contributed by atoms with Gasteiger partial charge in [0.15, 0.2) is 0 Å². The SMILES string of the molecule is CC(C)(C)OC(=O)NC[C@H](O)c1cccc(C(=O)O)c1. The Kier molecular flexibility index (Phi) is 5.10. The van der Waals surface area contributed by atoms with Crippen LogP contribution in [0.2, 0.25) is 0 Å². The molecule has 0 radical (unpaired) electrons. The number of aliphatic hydroxyl groups is 1. The molecule has 0 saturated heterocycles. The lowest BCUT2D eigenvalue weighted by molar-refractivity contribution is 0.0490. The Morgan fingerprint density at radius 1 is 1.35 bits per heavy atom. The minimum Gasteiger partial charge on any atom is -0.478 e. The van der Waals surface area contributed by atoms with Gasteiger partial charge in [0, 0.05) is 0 Å². The van der Waals surface area contributed by atoms with Gasteiger partial charge < -0.3 is 20.3 Å². The highest BCUT2D eigenvalue weighted by Crippen LogP contribution is 2.14. The molecule has 6 nitrogen and oxygen atoms in total. The van der Waals surface area contributed by atoms with Crippen LogP contribution in [0.4, 0.5) is 4.79 Å². The van der Waals surface area contributed by atoms with E-state index in [-0.39, 0.29) is 12.1 Å². The van der Waals surface area contributed by atoms with Crippen molar-refractivity contribution in [2.75, 3.05) is 6.54 Å². The lowest BCUT2D eigenvalue weighted by atomic mass is 10.1. The Hall–Kier alpha value is -2.08. The second-order valence-corrected chi connectivity index (χ2v) is 5.33. The summed E-state index contributed by atoms with van der Waals surface area (Å²) >= 11 is 0. The number of ether oxygens (including phenoxy) is 1. The first-order chi connectivity index (χ1) is 9.19. The third-order valence-corrected chi connectivity index (χ3v) is 2.36. The van der Waals surface area contributed by atoms with Crippen LogP contribution in [0.3, 0.4) is 0 Å². The monoisotopic (exact) mass is 281 g/mol. The Bertz CT molecular complexity index is 493. The molecule has 110 valence electrons. The number of nitrogens with one attached hydrogen (secondary N) is 1. The molecular formula is C14H19NO5. The van der Waals surface area contributed by atoms with Gasteiger partial charge in [-0.05, 0) is 38.5 Å². The molecule has 1 aromatic rings. The van der Waals surface area contributed by atoms with E-state index < -0.39 is 23.8 Å². The molecule has 0 bridgehead atoms. The van der Waals surface area contributed by atoms with Crippen molar-refractivity contribution in [3.05, 3.63) is 35.4 Å². The average molecular weight is 281 g/mol. The molecule has 1 rings (SSSR count). The Balaban J connectivity index is 2.59. The third-order valence-electron chi connectivity index (χ3n) is 2.36. The van der Waals surface area contributed by atoms with E-state index in [1.54, 1.807) is 26.8 Å². The number of carbonyl (C=O) groups excluding carboxylic acids is 1. The van der Waals surface area contributed by atoms with Crippen molar-refractivity contribution in [1.29, 1.82) is 0 Å². The fourth-order valence-electron chi connectivity index (χ4n) is 1.49. The summed E-state index contributed by atoms with van der Waals surface area (Å²) in [7, 11) is 0. The minimum atomic E-state index is -1.07. The molecular weight excluding hydrogens is 262 g/mol. The van der Waals surface area contributed by atoms with E-state index in [2.05, 4.69) is 5.32 Å². The van der Waals surface area contributed by atoms with Gasteiger partial charge in [-0.3, -0.25) is 0 Å². The molecule has 0 heterocycles. The number of amides is 1. The van der Waals surface area contributed by atoms with E-state index in [1.165, 1.54) is 18.2 Å². The van der Waals surface area contributed by atoms with Crippen molar-refractivity contribution >= 4 is 12.1 Å². The zero-order valence-corrected chi connectivity index (χ0v) is 11.7. The highest BCUT2D eigenvalue weighted by molar-refractivity contribution is 5.87. The number of alkyl carbamates (subject to hydrolysis) is 1. The molecule has 0 spiro atoms. The topological polar surface area (TPSA) is 95.9 Å². The molecule has 0 aliphatic carbocycles. The van der Waals surface area contributed by atoms with Gasteiger partial charge >= 0.3 is 12.1 Å². The van der Waals surface area contributed by atoms with Crippen LogP contribution in [0.5, 0.6) is 0 Å². The highest BCUT2D eigenvalue weighted by Gasteiger charge is 2.17. The number of hydrogen-bond acceptors (Lipinski definition) is 4. The predicted molar refractivity (Wildman–Crippen MR) is 72.6 cm³/mol. The number of benzene rings is 1. The Labute approximate surface area is 117 Å². The van der Waals surface area contributed by atoms with Crippen LogP contribution in [-0.4, -0.2) is 34.4 Å². The van der Waals surface area contributed by atoms with Gasteiger partial charge in [-0.25, -0.2) is 9.59 Å². The summed E-state index contributed by atoms with van der Waals surface area (Å²) in [4.78, 5) is 22.3. The van der Waals surface area contributed by atoms with E-state index in [4.69, 9.17) is 9.84 Å². The maximum absolute atomic E-state index is 11.4. The van der Waals surface area contributed by atoms with Crippen LogP contribution < -0.4 is 5.32 Å². The summed E-state index contributed by atoms with van der Waals surface area (Å²) in [6.07, 6.45) is -1.63. The van der Waals surface area contributed by atoms with Gasteiger partial charge in [-0.1, -0.05) is 12.1 Å². The molecule has 1 atom stereocenters. The molecule has 0 saturated carbocycles. The molecule has 6 heteroatoms. The van der Waals surface area contributed by atoms with E-state index >= 15 is 0 Å². The quantitative estimate of drug-likeness (QED) is 0.783. The Morgan fingerprint density at radius 3 is 2.55 bits per heavy atom. The molecule has 0 unspecified atom stereocenters. The third kappa shape index (κ3) is 5.27. The number of aromatic carboxylic acids is 1. The lowest BCUT2D eigenvalue weighted by Gasteiger charge is -2.20. The van der Waals surface area contributed by atoms with Crippen molar-refractivity contribution in [3.8, 4) is 0 Å². The minimum absolute atomic E-state index is 0.0576. The number of rotatable bonds is 4. The summed E-state index contributed by atoms with van der Waals surface area (Å²) in [5.41, 5.74) is -0.113. The number of carboxylic acids is 1. The van der Waals surface area contributed by atoms with Gasteiger partial charge in [0.05, 0.1) is 18.2 Å². The molecule has 3 N–H and O–H groups in total. The molecule has 20 heavy (non-hydrogen) atoms. The first kappa shape index (κ1) is 16.0. The van der Waals surface area contributed by atoms with E-state index in [0.29, 0.717) is 5.56 Å². The summed E-state index contributed by atoms with van der Waals surface area (Å²) in [5.74, 6) is -1.07. The number of carboxylic acid groups (broad SMARTS) is 1. The summed E-state index contributed by atoms with van der Waals surface area (Å²) in [6, 6.07) is 5.92. The largest absolute Gasteiger partial charge is 0.478 e. The number of aliphatic hydroxyl groups excluding tert-OH is 1. The van der Waals surface area contributed by atoms with Crippen LogP contribution in [0.15, 0.2) is 24.3 Å². The van der Waals surface area contributed by atoms with Crippen molar-refractivity contribution in [2.24, 2.45) is 0 Å². The van der Waals surface area contributed by atoms with E-state index in [9.17, 15) is 14.7 Å². The molecule has 1 amide bonds. The van der Waals surface area contributed by atoms with Gasteiger partial charge in [-0.2, -0.15) is 0 Å². The fourth-order valence-corrected chi connectivity index (χ4v) is 1.49. The maximum Gasteiger partial charge on any atom is 0.407 e. The maximum atomic E-state index is 11.4. The van der Waals surface area contributed by atoms with E-state index in [0.717, 1.165) is 0 Å². The second-order valence-electron chi connectivity index (χ2n) is 5.33. The van der Waals surface area contributed by atoms with Gasteiger partial charge in [0.1, 0.15) is 5.60 Å². The van der Waals surface area contributed by atoms with Crippen LogP contribution in [0.1, 0.15) is 42.8 Å². The van der Waals surface area contributed by atoms with Gasteiger partial charge in [0.2, 0.25) is 0 Å². The van der Waals surface area contributed by atoms with Crippen molar-refractivity contribution in [3.63, 3.8) is 0 Å². The van der Waals surface area contributed by atoms with Gasteiger partial charge in [-0.15, -0.1) is 0 Å².